The van der Waals surface area contributed by atoms with E-state index in [2.05, 4.69) is 31.2 Å². The Morgan fingerprint density at radius 1 is 1.04 bits per heavy atom. The van der Waals surface area contributed by atoms with Gasteiger partial charge in [0.2, 0.25) is 5.90 Å². The number of aryl methyl sites for hydroxylation is 2. The van der Waals surface area contributed by atoms with Crippen LogP contribution in [0.5, 0.6) is 0 Å². The van der Waals surface area contributed by atoms with Crippen LogP contribution >= 0.6 is 34.8 Å². The van der Waals surface area contributed by atoms with E-state index >= 15 is 0 Å². The van der Waals surface area contributed by atoms with Crippen molar-refractivity contribution in [1.29, 1.82) is 5.41 Å². The van der Waals surface area contributed by atoms with Gasteiger partial charge in [0.1, 0.15) is 12.2 Å². The van der Waals surface area contributed by atoms with Crippen molar-refractivity contribution in [3.8, 4) is 0 Å². The number of ether oxygens (including phenoxy) is 2. The van der Waals surface area contributed by atoms with Crippen LogP contribution in [-0.4, -0.2) is 28.5 Å². The lowest BCUT2D eigenvalue weighted by Gasteiger charge is -2.17. The zero-order valence-corrected chi connectivity index (χ0v) is 18.3. The number of unbranched alkanes of at least 4 members (excludes halogenated alkanes) is 5. The van der Waals surface area contributed by atoms with Crippen LogP contribution < -0.4 is 0 Å². The van der Waals surface area contributed by atoms with Gasteiger partial charge in [0.15, 0.2) is 0 Å². The van der Waals surface area contributed by atoms with Crippen LogP contribution in [0, 0.1) is 5.41 Å². The van der Waals surface area contributed by atoms with Crippen LogP contribution in [0.25, 0.3) is 0 Å². The normalized spacial score (nSPS) is 19.1. The molecule has 0 aromatic heterocycles. The summed E-state index contributed by atoms with van der Waals surface area (Å²) in [6.45, 7) is 3.12. The maximum Gasteiger partial charge on any atom is 0.265 e. The number of rotatable bonds is 12. The summed E-state index contributed by atoms with van der Waals surface area (Å²) in [5, 5.41) is 7.60. The molecule has 1 aromatic rings. The Bertz CT molecular complexity index is 580. The van der Waals surface area contributed by atoms with Gasteiger partial charge >= 0.3 is 0 Å². The van der Waals surface area contributed by atoms with Gasteiger partial charge in [-0.1, -0.05) is 98.1 Å². The molecule has 152 valence electrons. The van der Waals surface area contributed by atoms with E-state index in [1.807, 2.05) is 0 Å². The fourth-order valence-corrected chi connectivity index (χ4v) is 3.21. The van der Waals surface area contributed by atoms with Crippen LogP contribution in [0.15, 0.2) is 24.3 Å². The molecule has 0 unspecified atom stereocenters. The van der Waals surface area contributed by atoms with Crippen molar-refractivity contribution in [2.45, 2.75) is 74.1 Å². The Morgan fingerprint density at radius 3 is 2.15 bits per heavy atom. The van der Waals surface area contributed by atoms with Crippen molar-refractivity contribution in [2.24, 2.45) is 0 Å². The monoisotopic (exact) mass is 433 g/mol. The molecule has 2 rings (SSSR count). The second-order valence-electron chi connectivity index (χ2n) is 7.42. The second kappa shape index (κ2) is 10.9. The van der Waals surface area contributed by atoms with Gasteiger partial charge in [-0.3, -0.25) is 5.41 Å². The molecule has 1 aliphatic rings. The van der Waals surface area contributed by atoms with E-state index in [0.717, 1.165) is 19.3 Å². The molecule has 27 heavy (non-hydrogen) atoms. The van der Waals surface area contributed by atoms with Crippen LogP contribution in [0.3, 0.4) is 0 Å². The first-order chi connectivity index (χ1) is 12.8. The summed E-state index contributed by atoms with van der Waals surface area (Å²) in [6, 6.07) is 8.87. The maximum absolute atomic E-state index is 7.60. The summed E-state index contributed by atoms with van der Waals surface area (Å²) < 4.78 is 9.01. The molecule has 0 amide bonds. The average molecular weight is 435 g/mol. The first-order valence-corrected chi connectivity index (χ1v) is 11.0. The highest BCUT2D eigenvalue weighted by Crippen LogP contribution is 2.34. The number of hydrogen-bond acceptors (Lipinski definition) is 3. The van der Waals surface area contributed by atoms with Gasteiger partial charge in [-0.2, -0.15) is 0 Å². The molecule has 3 nitrogen and oxygen atoms in total. The van der Waals surface area contributed by atoms with Crippen molar-refractivity contribution in [2.75, 3.05) is 13.2 Å². The van der Waals surface area contributed by atoms with E-state index in [1.165, 1.54) is 49.7 Å². The van der Waals surface area contributed by atoms with Crippen LogP contribution in [0.1, 0.15) is 63.0 Å². The highest BCUT2D eigenvalue weighted by atomic mass is 35.6. The van der Waals surface area contributed by atoms with Crippen molar-refractivity contribution in [1.82, 2.24) is 0 Å². The molecule has 0 saturated carbocycles. The number of alkyl halides is 3. The van der Waals surface area contributed by atoms with Gasteiger partial charge in [-0.05, 0) is 36.8 Å². The molecule has 0 spiro atoms. The fraction of sp³-hybridized carbons (Fsp3) is 0.667. The van der Waals surface area contributed by atoms with Gasteiger partial charge in [0.25, 0.3) is 3.79 Å². The predicted molar refractivity (Wildman–Crippen MR) is 114 cm³/mol. The molecule has 1 N–H and O–H groups in total. The third-order valence-electron chi connectivity index (χ3n) is 5.00. The third kappa shape index (κ3) is 8.60. The minimum Gasteiger partial charge on any atom is -0.475 e. The molecule has 1 fully saturated rings. The number of hydrogen-bond donors (Lipinski definition) is 1. The topological polar surface area (TPSA) is 45.6 Å². The largest absolute Gasteiger partial charge is 0.475 e. The SMILES string of the molecule is CCCCCCCCc1ccc(CC[C@]2(COC(=N)C(Cl)(Cl)Cl)CO2)cc1. The molecule has 1 saturated heterocycles. The third-order valence-corrected chi connectivity index (χ3v) is 5.52. The molecule has 1 atom stereocenters. The first kappa shape index (κ1) is 22.8. The van der Waals surface area contributed by atoms with Crippen LogP contribution in [0.4, 0.5) is 0 Å². The quantitative estimate of drug-likeness (QED) is 0.131. The highest BCUT2D eigenvalue weighted by molar-refractivity contribution is 6.76. The number of epoxide rings is 1. The Kier molecular flexibility index (Phi) is 9.21. The maximum atomic E-state index is 7.60. The molecule has 1 heterocycles. The summed E-state index contributed by atoms with van der Waals surface area (Å²) in [4.78, 5) is 0. The van der Waals surface area contributed by atoms with Gasteiger partial charge < -0.3 is 9.47 Å². The summed E-state index contributed by atoms with van der Waals surface area (Å²) in [6.07, 6.45) is 10.9. The molecule has 0 aliphatic carbocycles. The van der Waals surface area contributed by atoms with E-state index < -0.39 is 3.79 Å². The van der Waals surface area contributed by atoms with Crippen LogP contribution in [-0.2, 0) is 22.3 Å². The zero-order valence-electron chi connectivity index (χ0n) is 16.0. The first-order valence-electron chi connectivity index (χ1n) is 9.85. The standard InChI is InChI=1S/C21H30Cl3NO2/c1-2-3-4-5-6-7-8-17-9-11-18(12-10-17)13-14-20(16-27-20)15-26-19(25)21(22,23)24/h9-12,25H,2-8,13-16H2,1H3/t20-/m0/s1. The molecule has 6 heteroatoms. The summed E-state index contributed by atoms with van der Waals surface area (Å²) in [5.74, 6) is -0.360. The Morgan fingerprint density at radius 2 is 1.59 bits per heavy atom. The minimum absolute atomic E-state index is 0.246. The molecule has 1 aromatic carbocycles. The molecular weight excluding hydrogens is 405 g/mol. The van der Waals surface area contributed by atoms with Gasteiger partial charge in [-0.25, -0.2) is 0 Å². The van der Waals surface area contributed by atoms with Crippen LogP contribution in [0.2, 0.25) is 0 Å². The van der Waals surface area contributed by atoms with E-state index in [-0.39, 0.29) is 18.1 Å². The summed E-state index contributed by atoms with van der Waals surface area (Å²) >= 11 is 16.9. The molecule has 0 radical (unpaired) electrons. The van der Waals surface area contributed by atoms with Gasteiger partial charge in [0.05, 0.1) is 6.61 Å². The van der Waals surface area contributed by atoms with Gasteiger partial charge in [-0.15, -0.1) is 0 Å². The van der Waals surface area contributed by atoms with Crippen molar-refractivity contribution in [3.05, 3.63) is 35.4 Å². The minimum atomic E-state index is -1.82. The lowest BCUT2D eigenvalue weighted by molar-refractivity contribution is 0.169. The van der Waals surface area contributed by atoms with E-state index in [9.17, 15) is 0 Å². The van der Waals surface area contributed by atoms with Crippen molar-refractivity contribution in [3.63, 3.8) is 0 Å². The van der Waals surface area contributed by atoms with E-state index in [1.54, 1.807) is 0 Å². The van der Waals surface area contributed by atoms with Crippen molar-refractivity contribution >= 4 is 40.7 Å². The number of nitrogens with one attached hydrogen (secondary N) is 1. The number of benzene rings is 1. The average Bonchev–Trinajstić information content (AvgIpc) is 3.41. The summed E-state index contributed by atoms with van der Waals surface area (Å²) in [7, 11) is 0. The Labute approximate surface area is 178 Å². The smallest absolute Gasteiger partial charge is 0.265 e. The van der Waals surface area contributed by atoms with Gasteiger partial charge in [0, 0.05) is 0 Å². The van der Waals surface area contributed by atoms with Crippen molar-refractivity contribution < 1.29 is 9.47 Å². The predicted octanol–water partition coefficient (Wildman–Crippen LogP) is 6.66. The Balaban J connectivity index is 1.67. The van der Waals surface area contributed by atoms with E-state index in [0.29, 0.717) is 6.61 Å². The second-order valence-corrected chi connectivity index (χ2v) is 9.70. The summed E-state index contributed by atoms with van der Waals surface area (Å²) in [5.41, 5.74) is 2.35. The zero-order chi connectivity index (χ0) is 19.8. The highest BCUT2D eigenvalue weighted by Gasteiger charge is 2.46. The molecule has 1 aliphatic heterocycles. The number of halogens is 3. The fourth-order valence-electron chi connectivity index (χ4n) is 3.04. The lowest BCUT2D eigenvalue weighted by atomic mass is 9.98. The Hall–Kier alpha value is -0.480. The molecule has 0 bridgehead atoms. The lowest BCUT2D eigenvalue weighted by Crippen LogP contribution is -2.28. The molecular formula is C21H30Cl3NO2. The van der Waals surface area contributed by atoms with E-state index in [4.69, 9.17) is 49.7 Å².